The zero-order chi connectivity index (χ0) is 18.0. The zero-order valence-electron chi connectivity index (χ0n) is 15.6. The molecule has 0 amide bonds. The van der Waals surface area contributed by atoms with Gasteiger partial charge in [0.05, 0.1) is 0 Å². The van der Waals surface area contributed by atoms with Gasteiger partial charge >= 0.3 is 0 Å². The van der Waals surface area contributed by atoms with Crippen LogP contribution in [0.1, 0.15) is 24.8 Å². The highest BCUT2D eigenvalue weighted by Gasteiger charge is 2.19. The monoisotopic (exact) mass is 354 g/mol. The smallest absolute Gasteiger partial charge is 0.191 e. The second kappa shape index (κ2) is 9.97. The van der Waals surface area contributed by atoms with Gasteiger partial charge in [-0.25, -0.2) is 0 Å². The molecule has 2 heterocycles. The van der Waals surface area contributed by atoms with E-state index in [0.29, 0.717) is 6.04 Å². The van der Waals surface area contributed by atoms with Crippen molar-refractivity contribution < 1.29 is 0 Å². The normalized spacial score (nSPS) is 16.6. The summed E-state index contributed by atoms with van der Waals surface area (Å²) in [5.41, 5.74) is 1.40. The van der Waals surface area contributed by atoms with E-state index in [-0.39, 0.29) is 0 Å². The molecule has 2 aromatic rings. The quantitative estimate of drug-likeness (QED) is 0.454. The Morgan fingerprint density at radius 2 is 2.00 bits per heavy atom. The molecule has 26 heavy (non-hydrogen) atoms. The van der Waals surface area contributed by atoms with Gasteiger partial charge in [-0.1, -0.05) is 30.3 Å². The predicted molar refractivity (Wildman–Crippen MR) is 106 cm³/mol. The van der Waals surface area contributed by atoms with Crippen molar-refractivity contribution in [3.63, 3.8) is 0 Å². The van der Waals surface area contributed by atoms with Crippen molar-refractivity contribution in [2.75, 3.05) is 26.7 Å². The minimum Gasteiger partial charge on any atom is -0.356 e. The molecule has 0 saturated carbocycles. The fourth-order valence-electron chi connectivity index (χ4n) is 3.35. The summed E-state index contributed by atoms with van der Waals surface area (Å²) < 4.78 is 1.96. The van der Waals surface area contributed by atoms with Crippen molar-refractivity contribution in [1.29, 1.82) is 0 Å². The third-order valence-corrected chi connectivity index (χ3v) is 4.82. The fraction of sp³-hybridized carbons (Fsp3) is 0.500. The molecular weight excluding hydrogens is 324 g/mol. The second-order valence-corrected chi connectivity index (χ2v) is 6.80. The molecule has 3 rings (SSSR count). The topological polar surface area (TPSA) is 57.5 Å². The lowest BCUT2D eigenvalue weighted by Gasteiger charge is -2.33. The predicted octanol–water partition coefficient (Wildman–Crippen LogP) is 2.10. The van der Waals surface area contributed by atoms with Crippen LogP contribution in [0.5, 0.6) is 0 Å². The van der Waals surface area contributed by atoms with Gasteiger partial charge in [-0.05, 0) is 30.9 Å². The Morgan fingerprint density at radius 1 is 1.19 bits per heavy atom. The van der Waals surface area contributed by atoms with Gasteiger partial charge in [0.15, 0.2) is 5.96 Å². The van der Waals surface area contributed by atoms with Crippen LogP contribution < -0.4 is 10.6 Å². The lowest BCUT2D eigenvalue weighted by Crippen LogP contribution is -2.48. The third-order valence-electron chi connectivity index (χ3n) is 4.82. The van der Waals surface area contributed by atoms with Gasteiger partial charge in [0.25, 0.3) is 0 Å². The van der Waals surface area contributed by atoms with Gasteiger partial charge in [0, 0.05) is 58.2 Å². The van der Waals surface area contributed by atoms with E-state index in [1.165, 1.54) is 5.56 Å². The largest absolute Gasteiger partial charge is 0.356 e. The van der Waals surface area contributed by atoms with Crippen molar-refractivity contribution in [2.45, 2.75) is 38.4 Å². The van der Waals surface area contributed by atoms with E-state index in [0.717, 1.165) is 57.9 Å². The van der Waals surface area contributed by atoms with E-state index in [1.54, 1.807) is 0 Å². The Morgan fingerprint density at radius 3 is 2.69 bits per heavy atom. The lowest BCUT2D eigenvalue weighted by molar-refractivity contribution is 0.198. The lowest BCUT2D eigenvalue weighted by atomic mass is 10.0. The average molecular weight is 355 g/mol. The Labute approximate surface area is 156 Å². The number of guanidine groups is 1. The summed E-state index contributed by atoms with van der Waals surface area (Å²) in [5.74, 6) is 0.909. The van der Waals surface area contributed by atoms with Crippen molar-refractivity contribution in [2.24, 2.45) is 4.99 Å². The summed E-state index contributed by atoms with van der Waals surface area (Å²) in [6, 6.07) is 13.2. The molecule has 1 aromatic heterocycles. The maximum atomic E-state index is 4.36. The highest BCUT2D eigenvalue weighted by atomic mass is 15.3. The van der Waals surface area contributed by atoms with Crippen LogP contribution in [0.2, 0.25) is 0 Å². The molecule has 140 valence electrons. The summed E-state index contributed by atoms with van der Waals surface area (Å²) in [5, 5.41) is 11.2. The van der Waals surface area contributed by atoms with Crippen LogP contribution in [0, 0.1) is 0 Å². The molecule has 0 atom stereocenters. The number of rotatable bonds is 7. The molecule has 6 heteroatoms. The number of benzene rings is 1. The van der Waals surface area contributed by atoms with Crippen LogP contribution in [0.4, 0.5) is 0 Å². The van der Waals surface area contributed by atoms with Crippen LogP contribution in [0.15, 0.2) is 53.8 Å². The van der Waals surface area contributed by atoms with Crippen LogP contribution >= 0.6 is 0 Å². The zero-order valence-corrected chi connectivity index (χ0v) is 15.6. The minimum atomic E-state index is 0.499. The van der Waals surface area contributed by atoms with Crippen LogP contribution in [-0.2, 0) is 13.1 Å². The van der Waals surface area contributed by atoms with E-state index in [4.69, 9.17) is 0 Å². The maximum absolute atomic E-state index is 4.36. The third kappa shape index (κ3) is 5.88. The van der Waals surface area contributed by atoms with E-state index >= 15 is 0 Å². The first-order chi connectivity index (χ1) is 12.8. The SMILES string of the molecule is CN=C(NCCCn1cccn1)NC1CCN(Cc2ccccc2)CC1. The maximum Gasteiger partial charge on any atom is 0.191 e. The first-order valence-electron chi connectivity index (χ1n) is 9.54. The standard InChI is InChI=1S/C20H30N6/c1-21-20(22-11-5-13-26-14-6-12-23-26)24-19-9-15-25(16-10-19)17-18-7-3-2-4-8-18/h2-4,6-8,12,14,19H,5,9-11,13,15-17H2,1H3,(H2,21,22,24). The summed E-state index contributed by atoms with van der Waals surface area (Å²) in [6.07, 6.45) is 7.15. The Bertz CT molecular complexity index is 644. The molecule has 0 unspecified atom stereocenters. The molecule has 1 aliphatic rings. The highest BCUT2D eigenvalue weighted by Crippen LogP contribution is 2.13. The Balaban J connectivity index is 1.33. The molecule has 1 fully saturated rings. The number of aromatic nitrogens is 2. The Hall–Kier alpha value is -2.34. The van der Waals surface area contributed by atoms with Crippen molar-refractivity contribution >= 4 is 5.96 Å². The first-order valence-corrected chi connectivity index (χ1v) is 9.54. The number of hydrogen-bond donors (Lipinski definition) is 2. The summed E-state index contributed by atoms with van der Waals surface area (Å²) in [7, 11) is 1.84. The summed E-state index contributed by atoms with van der Waals surface area (Å²) in [6.45, 7) is 5.13. The van der Waals surface area contributed by atoms with Gasteiger partial charge in [-0.3, -0.25) is 14.6 Å². The number of hydrogen-bond acceptors (Lipinski definition) is 3. The first kappa shape index (κ1) is 18.5. The van der Waals surface area contributed by atoms with Gasteiger partial charge < -0.3 is 10.6 Å². The average Bonchev–Trinajstić information content (AvgIpc) is 3.20. The van der Waals surface area contributed by atoms with Crippen molar-refractivity contribution in [3.05, 3.63) is 54.4 Å². The number of nitrogens with one attached hydrogen (secondary N) is 2. The molecular formula is C20H30N6. The number of nitrogens with zero attached hydrogens (tertiary/aromatic N) is 4. The van der Waals surface area contributed by atoms with Crippen LogP contribution in [0.3, 0.4) is 0 Å². The fourth-order valence-corrected chi connectivity index (χ4v) is 3.35. The van der Waals surface area contributed by atoms with E-state index in [2.05, 4.69) is 56.0 Å². The number of aryl methyl sites for hydroxylation is 1. The van der Waals surface area contributed by atoms with E-state index in [1.807, 2.05) is 30.2 Å². The molecule has 0 radical (unpaired) electrons. The summed E-state index contributed by atoms with van der Waals surface area (Å²) >= 11 is 0. The molecule has 1 aliphatic heterocycles. The molecule has 1 saturated heterocycles. The second-order valence-electron chi connectivity index (χ2n) is 6.80. The van der Waals surface area contributed by atoms with Crippen LogP contribution in [-0.4, -0.2) is 53.4 Å². The highest BCUT2D eigenvalue weighted by molar-refractivity contribution is 5.79. The van der Waals surface area contributed by atoms with Gasteiger partial charge in [-0.2, -0.15) is 5.10 Å². The van der Waals surface area contributed by atoms with Gasteiger partial charge in [0.2, 0.25) is 0 Å². The number of piperidine rings is 1. The molecule has 0 aliphatic carbocycles. The summed E-state index contributed by atoms with van der Waals surface area (Å²) in [4.78, 5) is 6.90. The molecule has 1 aromatic carbocycles. The number of likely N-dealkylation sites (tertiary alicyclic amines) is 1. The molecule has 0 bridgehead atoms. The molecule has 0 spiro atoms. The van der Waals surface area contributed by atoms with Crippen molar-refractivity contribution in [3.8, 4) is 0 Å². The van der Waals surface area contributed by atoms with Crippen molar-refractivity contribution in [1.82, 2.24) is 25.3 Å². The molecule has 6 nitrogen and oxygen atoms in total. The Kier molecular flexibility index (Phi) is 7.07. The van der Waals surface area contributed by atoms with Gasteiger partial charge in [0.1, 0.15) is 0 Å². The van der Waals surface area contributed by atoms with E-state index < -0.39 is 0 Å². The minimum absolute atomic E-state index is 0.499. The van der Waals surface area contributed by atoms with Gasteiger partial charge in [-0.15, -0.1) is 0 Å². The number of aliphatic imine (C=N–C) groups is 1. The molecule has 2 N–H and O–H groups in total. The van der Waals surface area contributed by atoms with Crippen LogP contribution in [0.25, 0.3) is 0 Å². The van der Waals surface area contributed by atoms with E-state index in [9.17, 15) is 0 Å².